The first-order chi connectivity index (χ1) is 12.6. The van der Waals surface area contributed by atoms with Crippen molar-refractivity contribution in [3.8, 4) is 5.88 Å². The molecular weight excluding hydrogens is 336 g/mol. The Morgan fingerprint density at radius 1 is 1.38 bits per heavy atom. The molecule has 0 radical (unpaired) electrons. The lowest BCUT2D eigenvalue weighted by molar-refractivity contribution is -0.138. The highest BCUT2D eigenvalue weighted by Gasteiger charge is 2.60. The Labute approximate surface area is 149 Å². The summed E-state index contributed by atoms with van der Waals surface area (Å²) in [6.07, 6.45) is 1.46. The highest BCUT2D eigenvalue weighted by atomic mass is 16.5. The highest BCUT2D eigenvalue weighted by molar-refractivity contribution is 6.17. The number of carbonyl (C=O) groups is 2. The van der Waals surface area contributed by atoms with Crippen LogP contribution >= 0.6 is 0 Å². The zero-order valence-electron chi connectivity index (χ0n) is 14.4. The van der Waals surface area contributed by atoms with Crippen LogP contribution in [-0.2, 0) is 26.2 Å². The number of rotatable bonds is 3. The molecule has 1 atom stereocenters. The van der Waals surface area contributed by atoms with Gasteiger partial charge in [-0.3, -0.25) is 9.89 Å². The van der Waals surface area contributed by atoms with E-state index < -0.39 is 11.4 Å². The van der Waals surface area contributed by atoms with Crippen LogP contribution in [-0.4, -0.2) is 29.2 Å². The minimum absolute atomic E-state index is 0.0336. The van der Waals surface area contributed by atoms with Crippen molar-refractivity contribution in [2.24, 2.45) is 5.73 Å². The van der Waals surface area contributed by atoms with Gasteiger partial charge in [-0.2, -0.15) is 0 Å². The lowest BCUT2D eigenvalue weighted by Crippen LogP contribution is -2.46. The van der Waals surface area contributed by atoms with Crippen LogP contribution in [0.2, 0.25) is 0 Å². The topological polar surface area (TPSA) is 119 Å². The molecule has 0 aliphatic carbocycles. The molecule has 134 valence electrons. The Balaban J connectivity index is 2.12. The molecule has 1 aromatic heterocycles. The van der Waals surface area contributed by atoms with Gasteiger partial charge >= 0.3 is 5.97 Å². The van der Waals surface area contributed by atoms with Crippen LogP contribution in [0.3, 0.4) is 0 Å². The number of amides is 1. The number of hydrogen-bond acceptors (Lipinski definition) is 6. The fraction of sp³-hybridized carbons (Fsp3) is 0.278. The summed E-state index contributed by atoms with van der Waals surface area (Å²) in [6.45, 7) is 2.01. The third-order valence-electron chi connectivity index (χ3n) is 4.82. The second-order valence-corrected chi connectivity index (χ2v) is 6.21. The average molecular weight is 354 g/mol. The molecule has 0 bridgehead atoms. The lowest BCUT2D eigenvalue weighted by atomic mass is 9.68. The Kier molecular flexibility index (Phi) is 3.50. The van der Waals surface area contributed by atoms with Gasteiger partial charge in [0.2, 0.25) is 17.7 Å². The van der Waals surface area contributed by atoms with Gasteiger partial charge < -0.3 is 20.5 Å². The predicted octanol–water partition coefficient (Wildman–Crippen LogP) is 1.34. The number of ether oxygens (including phenoxy) is 2. The lowest BCUT2D eigenvalue weighted by Gasteiger charge is -2.33. The van der Waals surface area contributed by atoms with Crippen LogP contribution in [0, 0.1) is 0 Å². The summed E-state index contributed by atoms with van der Waals surface area (Å²) in [5.74, 6) is -1.09. The molecule has 1 amide bonds. The minimum Gasteiger partial charge on any atom is -0.465 e. The number of hydrogen-bond donors (Lipinski definition) is 3. The molecule has 3 heterocycles. The Hall–Kier alpha value is -3.29. The number of para-hydroxylation sites is 1. The molecule has 2 aromatic rings. The normalized spacial score (nSPS) is 20.5. The smallest absolute Gasteiger partial charge is 0.340 e. The van der Waals surface area contributed by atoms with Crippen LogP contribution in [0.5, 0.6) is 5.88 Å². The van der Waals surface area contributed by atoms with Crippen molar-refractivity contribution in [3.05, 3.63) is 52.5 Å². The van der Waals surface area contributed by atoms with E-state index in [9.17, 15) is 9.59 Å². The summed E-state index contributed by atoms with van der Waals surface area (Å²) >= 11 is 0. The summed E-state index contributed by atoms with van der Waals surface area (Å²) in [6, 6.07) is 7.19. The first-order valence-electron chi connectivity index (χ1n) is 8.30. The van der Waals surface area contributed by atoms with Gasteiger partial charge in [-0.1, -0.05) is 31.5 Å². The number of carbonyl (C=O) groups excluding carboxylic acids is 2. The van der Waals surface area contributed by atoms with Gasteiger partial charge in [-0.05, 0) is 12.5 Å². The number of aromatic nitrogens is 2. The number of methoxy groups -OCH3 is 1. The molecule has 1 spiro atoms. The molecule has 0 fully saturated rings. The van der Waals surface area contributed by atoms with Crippen LogP contribution in [0.4, 0.5) is 5.69 Å². The number of H-pyrrole nitrogens is 1. The number of nitrogens with zero attached hydrogens (tertiary/aromatic N) is 1. The van der Waals surface area contributed by atoms with E-state index in [0.29, 0.717) is 23.2 Å². The van der Waals surface area contributed by atoms with Gasteiger partial charge in [0, 0.05) is 16.9 Å². The third-order valence-corrected chi connectivity index (χ3v) is 4.82. The van der Waals surface area contributed by atoms with E-state index in [4.69, 9.17) is 15.2 Å². The monoisotopic (exact) mass is 354 g/mol. The Bertz CT molecular complexity index is 962. The molecule has 2 aliphatic rings. The van der Waals surface area contributed by atoms with E-state index in [1.165, 1.54) is 7.11 Å². The number of nitrogens with one attached hydrogen (secondary N) is 2. The van der Waals surface area contributed by atoms with E-state index in [2.05, 4.69) is 15.5 Å². The summed E-state index contributed by atoms with van der Waals surface area (Å²) < 4.78 is 10.5. The molecule has 8 heteroatoms. The van der Waals surface area contributed by atoms with E-state index >= 15 is 0 Å². The van der Waals surface area contributed by atoms with Crippen molar-refractivity contribution in [3.63, 3.8) is 0 Å². The van der Waals surface area contributed by atoms with Crippen LogP contribution in [0.1, 0.15) is 30.2 Å². The highest BCUT2D eigenvalue weighted by Crippen LogP contribution is 2.54. The molecule has 0 unspecified atom stereocenters. The average Bonchev–Trinajstić information content (AvgIpc) is 3.15. The fourth-order valence-electron chi connectivity index (χ4n) is 3.83. The van der Waals surface area contributed by atoms with E-state index in [0.717, 1.165) is 12.1 Å². The van der Waals surface area contributed by atoms with E-state index in [1.807, 2.05) is 13.0 Å². The number of esters is 1. The maximum absolute atomic E-state index is 13.3. The Morgan fingerprint density at radius 2 is 2.15 bits per heavy atom. The van der Waals surface area contributed by atoms with Gasteiger partial charge in [-0.15, -0.1) is 5.10 Å². The molecule has 4 rings (SSSR count). The molecule has 26 heavy (non-hydrogen) atoms. The third kappa shape index (κ3) is 1.86. The second-order valence-electron chi connectivity index (χ2n) is 6.21. The first kappa shape index (κ1) is 16.2. The zero-order chi connectivity index (χ0) is 18.5. The molecule has 0 saturated carbocycles. The molecule has 2 aliphatic heterocycles. The standard InChI is InChI=1S/C18H18N4O4/c1-3-6-11-12-15(22-21-11)26-14(19)13(16(23)25-2)18(12)9-7-4-5-8-10(9)20-17(18)24/h4-5,7-8H,3,6,19H2,1-2H3,(H,20,24)(H,21,22)/t18-/m0/s1. The fourth-order valence-corrected chi connectivity index (χ4v) is 3.83. The molecule has 0 saturated heterocycles. The maximum atomic E-state index is 13.3. The largest absolute Gasteiger partial charge is 0.465 e. The van der Waals surface area contributed by atoms with Gasteiger partial charge in [0.25, 0.3) is 0 Å². The zero-order valence-corrected chi connectivity index (χ0v) is 14.4. The molecule has 8 nitrogen and oxygen atoms in total. The molecular formula is C18H18N4O4. The van der Waals surface area contributed by atoms with Gasteiger partial charge in [0.15, 0.2) is 0 Å². The quantitative estimate of drug-likeness (QED) is 0.716. The van der Waals surface area contributed by atoms with Crippen molar-refractivity contribution in [1.82, 2.24) is 10.2 Å². The van der Waals surface area contributed by atoms with E-state index in [1.54, 1.807) is 18.2 Å². The van der Waals surface area contributed by atoms with Crippen molar-refractivity contribution < 1.29 is 19.1 Å². The number of anilines is 1. The second kappa shape index (κ2) is 5.62. The van der Waals surface area contributed by atoms with Gasteiger partial charge in [-0.25, -0.2) is 4.79 Å². The first-order valence-corrected chi connectivity index (χ1v) is 8.30. The summed E-state index contributed by atoms with van der Waals surface area (Å²) in [5, 5.41) is 9.96. The number of benzene rings is 1. The summed E-state index contributed by atoms with van der Waals surface area (Å²) in [5.41, 5.74) is 7.03. The predicted molar refractivity (Wildman–Crippen MR) is 92.3 cm³/mol. The SMILES string of the molecule is CCCc1[nH]nc2c1[C@]1(C(=O)Nc3ccccc31)C(C(=O)OC)=C(N)O2. The Morgan fingerprint density at radius 3 is 2.88 bits per heavy atom. The van der Waals surface area contributed by atoms with Crippen LogP contribution in [0.15, 0.2) is 35.7 Å². The van der Waals surface area contributed by atoms with Crippen LogP contribution in [0.25, 0.3) is 0 Å². The number of nitrogens with two attached hydrogens (primary N) is 1. The number of fused-ring (bicyclic) bond motifs is 4. The van der Waals surface area contributed by atoms with Gasteiger partial charge in [0.05, 0.1) is 12.7 Å². The van der Waals surface area contributed by atoms with Gasteiger partial charge in [0.1, 0.15) is 11.0 Å². The molecule has 1 aromatic carbocycles. The maximum Gasteiger partial charge on any atom is 0.340 e. The molecule has 4 N–H and O–H groups in total. The van der Waals surface area contributed by atoms with Crippen molar-refractivity contribution >= 4 is 17.6 Å². The summed E-state index contributed by atoms with van der Waals surface area (Å²) in [4.78, 5) is 25.9. The number of aromatic amines is 1. The van der Waals surface area contributed by atoms with Crippen LogP contribution < -0.4 is 15.8 Å². The summed E-state index contributed by atoms with van der Waals surface area (Å²) in [7, 11) is 1.24. The minimum atomic E-state index is -1.46. The van der Waals surface area contributed by atoms with Crippen molar-refractivity contribution in [2.45, 2.75) is 25.2 Å². The number of aryl methyl sites for hydroxylation is 1. The van der Waals surface area contributed by atoms with E-state index in [-0.39, 0.29) is 23.2 Å². The van der Waals surface area contributed by atoms with Crippen molar-refractivity contribution in [2.75, 3.05) is 12.4 Å². The van der Waals surface area contributed by atoms with Crippen molar-refractivity contribution in [1.29, 1.82) is 0 Å².